The maximum absolute atomic E-state index is 11.4. The first-order valence-electron chi connectivity index (χ1n) is 6.00. The van der Waals surface area contributed by atoms with Crippen LogP contribution in [0.3, 0.4) is 0 Å². The number of nitrogens with one attached hydrogen (secondary N) is 2. The van der Waals surface area contributed by atoms with Gasteiger partial charge in [-0.3, -0.25) is 5.32 Å². The van der Waals surface area contributed by atoms with Crippen LogP contribution in [0.15, 0.2) is 24.3 Å². The smallest absolute Gasteiger partial charge is 0.411 e. The number of amides is 1. The number of benzene rings is 1. The summed E-state index contributed by atoms with van der Waals surface area (Å²) in [4.78, 5) is 11.4. The minimum absolute atomic E-state index is 0.395. The Hall–Kier alpha value is -1.26. The first-order valence-corrected chi connectivity index (χ1v) is 6.38. The number of anilines is 1. The van der Waals surface area contributed by atoms with Crippen LogP contribution >= 0.6 is 11.6 Å². The second kappa shape index (κ2) is 7.95. The number of carbonyl (C=O) groups excluding carboxylic acids is 1. The van der Waals surface area contributed by atoms with Gasteiger partial charge in [0.2, 0.25) is 0 Å². The van der Waals surface area contributed by atoms with E-state index in [9.17, 15) is 4.79 Å². The Balaban J connectivity index is 2.18. The van der Waals surface area contributed by atoms with Gasteiger partial charge in [-0.1, -0.05) is 31.5 Å². The third-order valence-electron chi connectivity index (χ3n) is 2.18. The number of hydrogen-bond acceptors (Lipinski definition) is 3. The van der Waals surface area contributed by atoms with Gasteiger partial charge in [0.15, 0.2) is 0 Å². The number of hydrogen-bond donors (Lipinski definition) is 2. The summed E-state index contributed by atoms with van der Waals surface area (Å²) in [5.41, 5.74) is 0.632. The highest BCUT2D eigenvalue weighted by Gasteiger charge is 2.03. The second-order valence-corrected chi connectivity index (χ2v) is 4.67. The van der Waals surface area contributed by atoms with Crippen LogP contribution in [-0.2, 0) is 4.74 Å². The van der Waals surface area contributed by atoms with Crippen molar-refractivity contribution in [2.24, 2.45) is 0 Å². The van der Waals surface area contributed by atoms with Crippen molar-refractivity contribution in [1.82, 2.24) is 5.32 Å². The van der Waals surface area contributed by atoms with Crippen molar-refractivity contribution >= 4 is 23.4 Å². The fourth-order valence-corrected chi connectivity index (χ4v) is 1.54. The molecular formula is C13H19ClN2O2. The average molecular weight is 271 g/mol. The summed E-state index contributed by atoms with van der Waals surface area (Å²) in [6, 6.07) is 7.39. The normalized spacial score (nSPS) is 10.4. The van der Waals surface area contributed by atoms with Crippen LogP contribution in [0, 0.1) is 0 Å². The van der Waals surface area contributed by atoms with E-state index in [1.807, 2.05) is 0 Å². The summed E-state index contributed by atoms with van der Waals surface area (Å²) in [5.74, 6) is 0. The van der Waals surface area contributed by atoms with Crippen LogP contribution in [0.5, 0.6) is 0 Å². The van der Waals surface area contributed by atoms with Crippen molar-refractivity contribution < 1.29 is 9.53 Å². The molecule has 0 heterocycles. The van der Waals surface area contributed by atoms with Gasteiger partial charge in [-0.05, 0) is 31.2 Å². The fraction of sp³-hybridized carbons (Fsp3) is 0.462. The van der Waals surface area contributed by atoms with E-state index in [4.69, 9.17) is 16.3 Å². The third-order valence-corrected chi connectivity index (χ3v) is 2.41. The lowest BCUT2D eigenvalue weighted by atomic mass is 10.3. The van der Waals surface area contributed by atoms with Gasteiger partial charge in [0.05, 0.1) is 6.61 Å². The Morgan fingerprint density at radius 2 is 2.22 bits per heavy atom. The third kappa shape index (κ3) is 6.47. The fourth-order valence-electron chi connectivity index (χ4n) is 1.35. The Morgan fingerprint density at radius 3 is 2.89 bits per heavy atom. The Labute approximate surface area is 113 Å². The molecule has 0 aliphatic rings. The Morgan fingerprint density at radius 1 is 1.44 bits per heavy atom. The van der Waals surface area contributed by atoms with Crippen LogP contribution in [-0.4, -0.2) is 25.3 Å². The van der Waals surface area contributed by atoms with Crippen LogP contribution < -0.4 is 10.6 Å². The van der Waals surface area contributed by atoms with Crippen LogP contribution in [0.25, 0.3) is 0 Å². The maximum atomic E-state index is 11.4. The summed E-state index contributed by atoms with van der Waals surface area (Å²) >= 11 is 5.80. The molecule has 5 heteroatoms. The highest BCUT2D eigenvalue weighted by molar-refractivity contribution is 6.30. The van der Waals surface area contributed by atoms with Gasteiger partial charge in [0, 0.05) is 16.8 Å². The molecule has 0 aromatic heterocycles. The van der Waals surface area contributed by atoms with Crippen molar-refractivity contribution in [3.05, 3.63) is 29.3 Å². The summed E-state index contributed by atoms with van der Waals surface area (Å²) < 4.78 is 5.03. The second-order valence-electron chi connectivity index (χ2n) is 4.23. The van der Waals surface area contributed by atoms with E-state index in [-0.39, 0.29) is 0 Å². The molecule has 2 N–H and O–H groups in total. The molecule has 1 aromatic carbocycles. The molecule has 1 rings (SSSR count). The molecule has 0 radical (unpaired) electrons. The molecule has 0 spiro atoms. The summed E-state index contributed by atoms with van der Waals surface area (Å²) in [7, 11) is 0. The summed E-state index contributed by atoms with van der Waals surface area (Å²) in [5, 5.41) is 6.44. The number of halogens is 1. The quantitative estimate of drug-likeness (QED) is 0.780. The zero-order chi connectivity index (χ0) is 13.4. The Kier molecular flexibility index (Phi) is 6.54. The molecule has 0 aliphatic heterocycles. The van der Waals surface area contributed by atoms with E-state index < -0.39 is 6.09 Å². The lowest BCUT2D eigenvalue weighted by molar-refractivity contribution is 0.160. The van der Waals surface area contributed by atoms with Gasteiger partial charge in [-0.2, -0.15) is 0 Å². The molecule has 4 nitrogen and oxygen atoms in total. The SMILES string of the molecule is CC(C)NCCCOC(=O)Nc1cccc(Cl)c1. The van der Waals surface area contributed by atoms with Crippen molar-refractivity contribution in [3.63, 3.8) is 0 Å². The Bertz CT molecular complexity index is 383. The highest BCUT2D eigenvalue weighted by atomic mass is 35.5. The molecule has 1 amide bonds. The van der Waals surface area contributed by atoms with Crippen LogP contribution in [0.4, 0.5) is 10.5 Å². The monoisotopic (exact) mass is 270 g/mol. The predicted molar refractivity (Wildman–Crippen MR) is 74.2 cm³/mol. The number of carbonyl (C=O) groups is 1. The molecule has 0 aliphatic carbocycles. The molecule has 0 saturated heterocycles. The largest absolute Gasteiger partial charge is 0.449 e. The summed E-state index contributed by atoms with van der Waals surface area (Å²) in [6.45, 7) is 5.38. The van der Waals surface area contributed by atoms with Crippen LogP contribution in [0.2, 0.25) is 5.02 Å². The zero-order valence-electron chi connectivity index (χ0n) is 10.7. The topological polar surface area (TPSA) is 50.4 Å². The minimum Gasteiger partial charge on any atom is -0.449 e. The van der Waals surface area contributed by atoms with Crippen molar-refractivity contribution in [2.45, 2.75) is 26.3 Å². The molecule has 0 unspecified atom stereocenters. The average Bonchev–Trinajstić information content (AvgIpc) is 2.28. The molecule has 100 valence electrons. The van der Waals surface area contributed by atoms with Crippen molar-refractivity contribution in [3.8, 4) is 0 Å². The van der Waals surface area contributed by atoms with Gasteiger partial charge in [0.1, 0.15) is 0 Å². The van der Waals surface area contributed by atoms with E-state index in [2.05, 4.69) is 24.5 Å². The van der Waals surface area contributed by atoms with E-state index >= 15 is 0 Å². The molecule has 0 bridgehead atoms. The minimum atomic E-state index is -0.457. The standard InChI is InChI=1S/C13H19ClN2O2/c1-10(2)15-7-4-8-18-13(17)16-12-6-3-5-11(14)9-12/h3,5-6,9-10,15H,4,7-8H2,1-2H3,(H,16,17). The molecule has 0 atom stereocenters. The predicted octanol–water partition coefficient (Wildman–Crippen LogP) is 3.28. The van der Waals surface area contributed by atoms with Gasteiger partial charge in [-0.25, -0.2) is 4.79 Å². The maximum Gasteiger partial charge on any atom is 0.411 e. The van der Waals surface area contributed by atoms with Crippen LogP contribution in [0.1, 0.15) is 20.3 Å². The molecule has 0 saturated carbocycles. The van der Waals surface area contributed by atoms with Gasteiger partial charge in [-0.15, -0.1) is 0 Å². The lowest BCUT2D eigenvalue weighted by Gasteiger charge is -2.09. The van der Waals surface area contributed by atoms with Gasteiger partial charge < -0.3 is 10.1 Å². The van der Waals surface area contributed by atoms with E-state index in [1.54, 1.807) is 24.3 Å². The lowest BCUT2D eigenvalue weighted by Crippen LogP contribution is -2.25. The van der Waals surface area contributed by atoms with E-state index in [0.29, 0.717) is 23.4 Å². The number of ether oxygens (including phenoxy) is 1. The first-order chi connectivity index (χ1) is 8.58. The molecular weight excluding hydrogens is 252 g/mol. The highest BCUT2D eigenvalue weighted by Crippen LogP contribution is 2.14. The van der Waals surface area contributed by atoms with E-state index in [0.717, 1.165) is 13.0 Å². The molecule has 18 heavy (non-hydrogen) atoms. The molecule has 1 aromatic rings. The van der Waals surface area contributed by atoms with Crippen molar-refractivity contribution in [1.29, 1.82) is 0 Å². The number of rotatable bonds is 6. The van der Waals surface area contributed by atoms with Crippen molar-refractivity contribution in [2.75, 3.05) is 18.5 Å². The van der Waals surface area contributed by atoms with E-state index in [1.165, 1.54) is 0 Å². The summed E-state index contributed by atoms with van der Waals surface area (Å²) in [6.07, 6.45) is 0.336. The zero-order valence-corrected chi connectivity index (χ0v) is 11.5. The molecule has 0 fully saturated rings. The van der Waals surface area contributed by atoms with Gasteiger partial charge >= 0.3 is 6.09 Å². The first kappa shape index (κ1) is 14.8. The van der Waals surface area contributed by atoms with Gasteiger partial charge in [0.25, 0.3) is 0 Å².